The van der Waals surface area contributed by atoms with Gasteiger partial charge in [-0.15, -0.1) is 0 Å². The van der Waals surface area contributed by atoms with Crippen molar-refractivity contribution in [1.82, 2.24) is 19.1 Å². The number of H-pyrrole nitrogens is 1. The Morgan fingerprint density at radius 2 is 2.13 bits per heavy atom. The van der Waals surface area contributed by atoms with Crippen molar-refractivity contribution in [1.29, 1.82) is 0 Å². The zero-order valence-electron chi connectivity index (χ0n) is 7.57. The van der Waals surface area contributed by atoms with E-state index >= 15 is 0 Å². The third-order valence-electron chi connectivity index (χ3n) is 2.06. The Hall–Kier alpha value is -1.27. The Morgan fingerprint density at radius 1 is 1.47 bits per heavy atom. The van der Waals surface area contributed by atoms with E-state index < -0.39 is 16.2 Å². The van der Waals surface area contributed by atoms with Gasteiger partial charge in [0.2, 0.25) is 0 Å². The monoisotopic (exact) mass is 248 g/mol. The number of aromatic nitrogens is 4. The van der Waals surface area contributed by atoms with E-state index in [-0.39, 0.29) is 11.2 Å². The summed E-state index contributed by atoms with van der Waals surface area (Å²) in [7, 11) is 1.48. The van der Waals surface area contributed by atoms with Gasteiger partial charge in [-0.3, -0.25) is 9.36 Å². The third kappa shape index (κ3) is 1.37. The summed E-state index contributed by atoms with van der Waals surface area (Å²) in [4.78, 5) is 28.6. The summed E-state index contributed by atoms with van der Waals surface area (Å²) < 4.78 is 1.94. The van der Waals surface area contributed by atoms with E-state index in [0.717, 1.165) is 4.57 Å². The third-order valence-corrected chi connectivity index (χ3v) is 2.45. The fourth-order valence-electron chi connectivity index (χ4n) is 1.33. The van der Waals surface area contributed by atoms with Crippen molar-refractivity contribution in [2.75, 3.05) is 0 Å². The average molecular weight is 249 g/mol. The Bertz CT molecular complexity index is 624. The van der Waals surface area contributed by atoms with Crippen LogP contribution in [0.15, 0.2) is 15.9 Å². The number of alkyl halides is 2. The summed E-state index contributed by atoms with van der Waals surface area (Å²) in [6.07, 6.45) is 1.33. The molecule has 0 saturated carbocycles. The van der Waals surface area contributed by atoms with Crippen molar-refractivity contribution in [3.05, 3.63) is 27.2 Å². The van der Waals surface area contributed by atoms with Crippen LogP contribution in [-0.4, -0.2) is 19.1 Å². The number of imidazole rings is 1. The second-order valence-corrected chi connectivity index (χ2v) is 3.95. The summed E-state index contributed by atoms with van der Waals surface area (Å²) in [6.45, 7) is 0. The van der Waals surface area contributed by atoms with E-state index in [1.54, 1.807) is 0 Å². The predicted molar refractivity (Wildman–Crippen MR) is 56.3 cm³/mol. The second kappa shape index (κ2) is 3.39. The van der Waals surface area contributed by atoms with Crippen LogP contribution in [0.4, 0.5) is 0 Å². The van der Waals surface area contributed by atoms with E-state index in [2.05, 4.69) is 9.97 Å². The molecule has 1 N–H and O–H groups in total. The molecule has 0 bridgehead atoms. The Balaban J connectivity index is 3.06. The van der Waals surface area contributed by atoms with Crippen molar-refractivity contribution in [3.8, 4) is 0 Å². The van der Waals surface area contributed by atoms with E-state index in [1.807, 2.05) is 0 Å². The van der Waals surface area contributed by atoms with Crippen molar-refractivity contribution < 1.29 is 0 Å². The lowest BCUT2D eigenvalue weighted by Crippen LogP contribution is -2.39. The SMILES string of the molecule is Cn1c(=O)n(C(Cl)Cl)c(=O)c2[nH]cnc21. The number of halogens is 2. The van der Waals surface area contributed by atoms with Crippen LogP contribution in [0.5, 0.6) is 0 Å². The van der Waals surface area contributed by atoms with Crippen LogP contribution in [0.2, 0.25) is 0 Å². The van der Waals surface area contributed by atoms with Crippen LogP contribution in [0.1, 0.15) is 4.96 Å². The molecule has 0 fully saturated rings. The van der Waals surface area contributed by atoms with Crippen molar-refractivity contribution in [3.63, 3.8) is 0 Å². The summed E-state index contributed by atoms with van der Waals surface area (Å²) in [5.41, 5.74) is -0.714. The molecule has 80 valence electrons. The van der Waals surface area contributed by atoms with Gasteiger partial charge in [0.15, 0.2) is 10.6 Å². The highest BCUT2D eigenvalue weighted by atomic mass is 35.5. The standard InChI is InChI=1S/C7H6Cl2N4O2/c1-12-4-3(10-2-11-4)5(14)13(6(8)9)7(12)15/h2,6H,1H3,(H,10,11). The summed E-state index contributed by atoms with van der Waals surface area (Å²) in [6, 6.07) is 0. The van der Waals surface area contributed by atoms with Crippen LogP contribution in [-0.2, 0) is 7.05 Å². The highest BCUT2D eigenvalue weighted by Gasteiger charge is 2.16. The number of nitrogens with one attached hydrogen (secondary N) is 1. The van der Waals surface area contributed by atoms with Crippen molar-refractivity contribution in [2.24, 2.45) is 7.05 Å². The smallest absolute Gasteiger partial charge is 0.334 e. The highest BCUT2D eigenvalue weighted by molar-refractivity contribution is 6.42. The first-order valence-corrected chi connectivity index (χ1v) is 4.84. The van der Waals surface area contributed by atoms with Gasteiger partial charge in [-0.25, -0.2) is 14.3 Å². The van der Waals surface area contributed by atoms with E-state index in [4.69, 9.17) is 23.2 Å². The van der Waals surface area contributed by atoms with Gasteiger partial charge in [-0.05, 0) is 0 Å². The van der Waals surface area contributed by atoms with Crippen LogP contribution < -0.4 is 11.2 Å². The normalized spacial score (nSPS) is 11.5. The number of hydrogen-bond donors (Lipinski definition) is 1. The molecule has 0 radical (unpaired) electrons. The van der Waals surface area contributed by atoms with Gasteiger partial charge in [-0.1, -0.05) is 23.2 Å². The first kappa shape index (κ1) is 10.3. The number of aromatic amines is 1. The lowest BCUT2D eigenvalue weighted by atomic mass is 10.5. The molecule has 0 aromatic carbocycles. The van der Waals surface area contributed by atoms with E-state index in [1.165, 1.54) is 17.9 Å². The van der Waals surface area contributed by atoms with E-state index in [9.17, 15) is 9.59 Å². The lowest BCUT2D eigenvalue weighted by Gasteiger charge is -2.07. The average Bonchev–Trinajstić information content (AvgIpc) is 2.62. The topological polar surface area (TPSA) is 72.7 Å². The molecule has 2 aromatic rings. The fourth-order valence-corrected chi connectivity index (χ4v) is 1.67. The minimum Gasteiger partial charge on any atom is -0.339 e. The van der Waals surface area contributed by atoms with Gasteiger partial charge in [0.05, 0.1) is 6.33 Å². The van der Waals surface area contributed by atoms with Crippen LogP contribution in [0.25, 0.3) is 11.2 Å². The van der Waals surface area contributed by atoms with Crippen molar-refractivity contribution in [2.45, 2.75) is 4.96 Å². The van der Waals surface area contributed by atoms with Gasteiger partial charge < -0.3 is 4.98 Å². The highest BCUT2D eigenvalue weighted by Crippen LogP contribution is 2.12. The molecular weight excluding hydrogens is 243 g/mol. The first-order valence-electron chi connectivity index (χ1n) is 3.97. The number of rotatable bonds is 1. The van der Waals surface area contributed by atoms with Crippen LogP contribution in [0, 0.1) is 0 Å². The molecule has 0 aliphatic heterocycles. The largest absolute Gasteiger partial charge is 0.339 e. The van der Waals surface area contributed by atoms with Crippen LogP contribution >= 0.6 is 23.2 Å². The molecular formula is C7H6Cl2N4O2. The Morgan fingerprint density at radius 3 is 2.73 bits per heavy atom. The summed E-state index contributed by atoms with van der Waals surface area (Å²) in [5.74, 6) is 0. The summed E-state index contributed by atoms with van der Waals surface area (Å²) >= 11 is 11.1. The van der Waals surface area contributed by atoms with Gasteiger partial charge in [0, 0.05) is 7.05 Å². The molecule has 0 aliphatic rings. The zero-order valence-corrected chi connectivity index (χ0v) is 9.08. The molecule has 0 amide bonds. The number of aryl methyl sites for hydroxylation is 1. The maximum atomic E-state index is 11.7. The van der Waals surface area contributed by atoms with Gasteiger partial charge >= 0.3 is 5.69 Å². The molecule has 2 rings (SSSR count). The molecule has 0 unspecified atom stereocenters. The zero-order chi connectivity index (χ0) is 11.2. The maximum Gasteiger partial charge on any atom is 0.334 e. The van der Waals surface area contributed by atoms with Crippen LogP contribution in [0.3, 0.4) is 0 Å². The minimum atomic E-state index is -1.22. The molecule has 0 saturated heterocycles. The molecule has 0 atom stereocenters. The number of hydrogen-bond acceptors (Lipinski definition) is 3. The first-order chi connectivity index (χ1) is 7.04. The molecule has 2 heterocycles. The second-order valence-electron chi connectivity index (χ2n) is 2.90. The molecule has 0 spiro atoms. The predicted octanol–water partition coefficient (Wildman–Crippen LogP) is 0.357. The Kier molecular flexibility index (Phi) is 2.32. The number of nitrogens with zero attached hydrogens (tertiary/aromatic N) is 3. The van der Waals surface area contributed by atoms with Gasteiger partial charge in [-0.2, -0.15) is 0 Å². The fraction of sp³-hybridized carbons (Fsp3) is 0.286. The molecule has 15 heavy (non-hydrogen) atoms. The minimum absolute atomic E-state index is 0.198. The molecule has 8 heteroatoms. The van der Waals surface area contributed by atoms with Gasteiger partial charge in [0.25, 0.3) is 5.56 Å². The van der Waals surface area contributed by atoms with E-state index in [0.29, 0.717) is 0 Å². The number of fused-ring (bicyclic) bond motifs is 1. The van der Waals surface area contributed by atoms with Crippen molar-refractivity contribution >= 4 is 34.4 Å². The summed E-state index contributed by atoms with van der Waals surface area (Å²) in [5, 5.41) is 0. The molecule has 6 nitrogen and oxygen atoms in total. The quantitative estimate of drug-likeness (QED) is 0.741. The Labute approximate surface area is 93.1 Å². The lowest BCUT2D eigenvalue weighted by molar-refractivity contribution is 0.681. The van der Waals surface area contributed by atoms with Gasteiger partial charge in [0.1, 0.15) is 5.52 Å². The molecule has 0 aliphatic carbocycles. The molecule has 2 aromatic heterocycles. The maximum absolute atomic E-state index is 11.7.